The Bertz CT molecular complexity index is 920. The molecule has 2 heterocycles. The summed E-state index contributed by atoms with van der Waals surface area (Å²) in [5.41, 5.74) is 3.16. The maximum Gasteiger partial charge on any atom is 0.231 e. The van der Waals surface area contributed by atoms with Crippen molar-refractivity contribution in [2.24, 2.45) is 0 Å². The number of benzene rings is 2. The monoisotopic (exact) mass is 361 g/mol. The number of aryl methyl sites for hydroxylation is 1. The highest BCUT2D eigenvalue weighted by Gasteiger charge is 2.28. The first kappa shape index (κ1) is 17.5. The van der Waals surface area contributed by atoms with E-state index < -0.39 is 0 Å². The maximum absolute atomic E-state index is 12.7. The van der Waals surface area contributed by atoms with Crippen molar-refractivity contribution in [3.8, 4) is 11.4 Å². The number of rotatable bonds is 4. The molecule has 1 aliphatic heterocycles. The topological polar surface area (TPSA) is 59.2 Å². The second kappa shape index (κ2) is 7.74. The number of hydrogen-bond donors (Lipinski definition) is 0. The van der Waals surface area contributed by atoms with Crippen molar-refractivity contribution in [3.63, 3.8) is 0 Å². The zero-order valence-electron chi connectivity index (χ0n) is 15.5. The first-order valence-electron chi connectivity index (χ1n) is 9.41. The number of likely N-dealkylation sites (tertiary alicyclic amines) is 1. The quantitative estimate of drug-likeness (QED) is 0.705. The van der Waals surface area contributed by atoms with Gasteiger partial charge in [0.2, 0.25) is 17.6 Å². The number of carbonyl (C=O) groups is 1. The fourth-order valence-corrected chi connectivity index (χ4v) is 3.59. The van der Waals surface area contributed by atoms with Gasteiger partial charge in [-0.25, -0.2) is 0 Å². The van der Waals surface area contributed by atoms with Crippen LogP contribution in [0.4, 0.5) is 0 Å². The van der Waals surface area contributed by atoms with Gasteiger partial charge in [-0.2, -0.15) is 4.98 Å². The van der Waals surface area contributed by atoms with Crippen molar-refractivity contribution in [2.45, 2.75) is 32.1 Å². The summed E-state index contributed by atoms with van der Waals surface area (Å²) in [5.74, 6) is 1.50. The second-order valence-electron chi connectivity index (χ2n) is 7.17. The van der Waals surface area contributed by atoms with Crippen LogP contribution in [0, 0.1) is 6.92 Å². The predicted octanol–water partition coefficient (Wildman–Crippen LogP) is 3.99. The molecule has 0 radical (unpaired) electrons. The predicted molar refractivity (Wildman–Crippen MR) is 103 cm³/mol. The first-order chi connectivity index (χ1) is 13.2. The van der Waals surface area contributed by atoms with Gasteiger partial charge in [-0.15, -0.1) is 0 Å². The summed E-state index contributed by atoms with van der Waals surface area (Å²) in [6, 6.07) is 17.9. The Balaban J connectivity index is 1.45. The molecule has 5 heteroatoms. The highest BCUT2D eigenvalue weighted by Crippen LogP contribution is 2.28. The van der Waals surface area contributed by atoms with Gasteiger partial charge in [0.1, 0.15) is 0 Å². The number of piperidine rings is 1. The van der Waals surface area contributed by atoms with Crippen LogP contribution in [0.15, 0.2) is 59.1 Å². The molecule has 0 aliphatic carbocycles. The molecule has 2 aromatic carbocycles. The van der Waals surface area contributed by atoms with Gasteiger partial charge in [-0.3, -0.25) is 4.79 Å². The van der Waals surface area contributed by atoms with Crippen LogP contribution >= 0.6 is 0 Å². The molecular formula is C22H23N3O2. The molecule has 1 saturated heterocycles. The minimum Gasteiger partial charge on any atom is -0.342 e. The molecule has 0 saturated carbocycles. The fraction of sp³-hybridized carbons (Fsp3) is 0.318. The summed E-state index contributed by atoms with van der Waals surface area (Å²) < 4.78 is 5.55. The largest absolute Gasteiger partial charge is 0.342 e. The summed E-state index contributed by atoms with van der Waals surface area (Å²) >= 11 is 0. The Morgan fingerprint density at radius 2 is 2.04 bits per heavy atom. The van der Waals surface area contributed by atoms with Crippen LogP contribution in [0.2, 0.25) is 0 Å². The van der Waals surface area contributed by atoms with Gasteiger partial charge in [0.25, 0.3) is 0 Å². The summed E-state index contributed by atoms with van der Waals surface area (Å²) in [5, 5.41) is 4.15. The van der Waals surface area contributed by atoms with Crippen LogP contribution in [0.1, 0.15) is 35.8 Å². The third kappa shape index (κ3) is 4.08. The van der Waals surface area contributed by atoms with E-state index in [1.165, 1.54) is 0 Å². The van der Waals surface area contributed by atoms with E-state index in [0.29, 0.717) is 24.7 Å². The third-order valence-corrected chi connectivity index (χ3v) is 5.04. The molecule has 1 amide bonds. The summed E-state index contributed by atoms with van der Waals surface area (Å²) in [4.78, 5) is 19.2. The van der Waals surface area contributed by atoms with Crippen molar-refractivity contribution < 1.29 is 9.32 Å². The number of carbonyl (C=O) groups excluding carboxylic acids is 1. The number of nitrogens with zero attached hydrogens (tertiary/aromatic N) is 3. The average Bonchev–Trinajstić information content (AvgIpc) is 3.19. The lowest BCUT2D eigenvalue weighted by Gasteiger charge is -2.31. The van der Waals surface area contributed by atoms with E-state index in [1.807, 2.05) is 66.4 Å². The standard InChI is InChI=1S/C22H23N3O2/c1-16-7-5-10-18(13-16)21-23-22(27-24-21)19-11-6-12-25(15-19)20(26)14-17-8-3-2-4-9-17/h2-5,7-10,13,19H,6,11-12,14-15H2,1H3. The van der Waals surface area contributed by atoms with Crippen LogP contribution in [0.5, 0.6) is 0 Å². The molecule has 3 aromatic rings. The normalized spacial score (nSPS) is 17.1. The molecule has 1 aliphatic rings. The molecule has 0 N–H and O–H groups in total. The van der Waals surface area contributed by atoms with Crippen molar-refractivity contribution in [2.75, 3.05) is 13.1 Å². The number of aromatic nitrogens is 2. The minimum absolute atomic E-state index is 0.101. The molecule has 0 spiro atoms. The van der Waals surface area contributed by atoms with Crippen LogP contribution < -0.4 is 0 Å². The van der Waals surface area contributed by atoms with Crippen molar-refractivity contribution in [1.29, 1.82) is 0 Å². The second-order valence-corrected chi connectivity index (χ2v) is 7.17. The average molecular weight is 361 g/mol. The SMILES string of the molecule is Cc1cccc(-c2noc(C3CCCN(C(=O)Cc4ccccc4)C3)n2)c1. The molecule has 1 atom stereocenters. The minimum atomic E-state index is 0.101. The van der Waals surface area contributed by atoms with E-state index in [2.05, 4.69) is 10.1 Å². The molecule has 0 bridgehead atoms. The Morgan fingerprint density at radius 1 is 1.19 bits per heavy atom. The van der Waals surface area contributed by atoms with Crippen molar-refractivity contribution >= 4 is 5.91 Å². The van der Waals surface area contributed by atoms with Gasteiger partial charge in [0.05, 0.1) is 12.3 Å². The lowest BCUT2D eigenvalue weighted by Crippen LogP contribution is -2.40. The van der Waals surface area contributed by atoms with Crippen LogP contribution in [0.3, 0.4) is 0 Å². The van der Waals surface area contributed by atoms with Crippen molar-refractivity contribution in [1.82, 2.24) is 15.0 Å². The Morgan fingerprint density at radius 3 is 2.85 bits per heavy atom. The fourth-order valence-electron chi connectivity index (χ4n) is 3.59. The Labute approximate surface area is 159 Å². The van der Waals surface area contributed by atoms with E-state index in [-0.39, 0.29) is 11.8 Å². The lowest BCUT2D eigenvalue weighted by molar-refractivity contribution is -0.131. The van der Waals surface area contributed by atoms with Gasteiger partial charge < -0.3 is 9.42 Å². The smallest absolute Gasteiger partial charge is 0.231 e. The highest BCUT2D eigenvalue weighted by molar-refractivity contribution is 5.79. The first-order valence-corrected chi connectivity index (χ1v) is 9.41. The van der Waals surface area contributed by atoms with E-state index in [9.17, 15) is 4.79 Å². The van der Waals surface area contributed by atoms with Crippen LogP contribution in [0.25, 0.3) is 11.4 Å². The van der Waals surface area contributed by atoms with Crippen molar-refractivity contribution in [3.05, 3.63) is 71.6 Å². The van der Waals surface area contributed by atoms with E-state index in [4.69, 9.17) is 4.52 Å². The summed E-state index contributed by atoms with van der Waals surface area (Å²) in [6.07, 6.45) is 2.35. The molecule has 5 nitrogen and oxygen atoms in total. The molecule has 4 rings (SSSR count). The Kier molecular flexibility index (Phi) is 5.01. The molecule has 27 heavy (non-hydrogen) atoms. The molecule has 1 fully saturated rings. The van der Waals surface area contributed by atoms with Gasteiger partial charge in [-0.1, -0.05) is 59.3 Å². The highest BCUT2D eigenvalue weighted by atomic mass is 16.5. The van der Waals surface area contributed by atoms with Crippen LogP contribution in [-0.2, 0) is 11.2 Å². The van der Waals surface area contributed by atoms with Crippen LogP contribution in [-0.4, -0.2) is 34.0 Å². The van der Waals surface area contributed by atoms with Gasteiger partial charge >= 0.3 is 0 Å². The van der Waals surface area contributed by atoms with Gasteiger partial charge in [0.15, 0.2) is 0 Å². The zero-order chi connectivity index (χ0) is 18.6. The number of hydrogen-bond acceptors (Lipinski definition) is 4. The molecule has 138 valence electrons. The van der Waals surface area contributed by atoms with Gasteiger partial charge in [0, 0.05) is 18.7 Å². The van der Waals surface area contributed by atoms with E-state index >= 15 is 0 Å². The molecule has 1 unspecified atom stereocenters. The lowest BCUT2D eigenvalue weighted by atomic mass is 9.97. The molecule has 1 aromatic heterocycles. The number of amides is 1. The van der Waals surface area contributed by atoms with E-state index in [0.717, 1.165) is 36.1 Å². The third-order valence-electron chi connectivity index (χ3n) is 5.04. The van der Waals surface area contributed by atoms with E-state index in [1.54, 1.807) is 0 Å². The maximum atomic E-state index is 12.7. The summed E-state index contributed by atoms with van der Waals surface area (Å²) in [7, 11) is 0. The molecular weight excluding hydrogens is 338 g/mol. The zero-order valence-corrected chi connectivity index (χ0v) is 15.5. The van der Waals surface area contributed by atoms with Gasteiger partial charge in [-0.05, 0) is 31.4 Å². The Hall–Kier alpha value is -2.95. The summed E-state index contributed by atoms with van der Waals surface area (Å²) in [6.45, 7) is 3.48.